The first-order valence-corrected chi connectivity index (χ1v) is 6.86. The standard InChI is InChI=1S/C14H18F4N2O.ClH/c15-5-4-13(20-8-6-19-7-9-20)11-2-1-3-12(10-11)21-14(16,17)18;/h1-3,10,13,19H,4-9H2;1H/t13-;/m0./s1. The summed E-state index contributed by atoms with van der Waals surface area (Å²) >= 11 is 0. The third-order valence-corrected chi connectivity index (χ3v) is 3.45. The minimum Gasteiger partial charge on any atom is -0.406 e. The van der Waals surface area contributed by atoms with Gasteiger partial charge in [0, 0.05) is 32.2 Å². The highest BCUT2D eigenvalue weighted by Crippen LogP contribution is 2.30. The van der Waals surface area contributed by atoms with Crippen molar-refractivity contribution in [2.45, 2.75) is 18.8 Å². The minimum atomic E-state index is -4.72. The largest absolute Gasteiger partial charge is 0.573 e. The van der Waals surface area contributed by atoms with Crippen LogP contribution >= 0.6 is 12.4 Å². The van der Waals surface area contributed by atoms with Gasteiger partial charge in [0.25, 0.3) is 0 Å². The second-order valence-electron chi connectivity index (χ2n) is 4.90. The number of rotatable bonds is 5. The molecule has 1 fully saturated rings. The van der Waals surface area contributed by atoms with E-state index in [0.29, 0.717) is 5.56 Å². The van der Waals surface area contributed by atoms with Gasteiger partial charge < -0.3 is 10.1 Å². The summed E-state index contributed by atoms with van der Waals surface area (Å²) in [7, 11) is 0. The molecule has 0 aromatic heterocycles. The van der Waals surface area contributed by atoms with Gasteiger partial charge in [-0.2, -0.15) is 0 Å². The van der Waals surface area contributed by atoms with Gasteiger partial charge in [0.2, 0.25) is 0 Å². The lowest BCUT2D eigenvalue weighted by atomic mass is 10.0. The van der Waals surface area contributed by atoms with Gasteiger partial charge in [-0.3, -0.25) is 9.29 Å². The molecule has 1 aromatic carbocycles. The van der Waals surface area contributed by atoms with Gasteiger partial charge in [0.15, 0.2) is 0 Å². The first kappa shape index (κ1) is 19.0. The molecule has 22 heavy (non-hydrogen) atoms. The zero-order valence-corrected chi connectivity index (χ0v) is 12.7. The van der Waals surface area contributed by atoms with Crippen molar-refractivity contribution in [1.29, 1.82) is 0 Å². The Bertz CT molecular complexity index is 453. The fraction of sp³-hybridized carbons (Fsp3) is 0.571. The summed E-state index contributed by atoms with van der Waals surface area (Å²) in [5.74, 6) is -0.265. The fourth-order valence-electron chi connectivity index (χ4n) is 2.58. The molecule has 0 amide bonds. The minimum absolute atomic E-state index is 0. The Labute approximate surface area is 133 Å². The number of benzene rings is 1. The molecule has 0 spiro atoms. The summed E-state index contributed by atoms with van der Waals surface area (Å²) < 4.78 is 53.6. The molecule has 1 saturated heterocycles. The van der Waals surface area contributed by atoms with Crippen LogP contribution in [0.1, 0.15) is 18.0 Å². The van der Waals surface area contributed by atoms with E-state index in [1.165, 1.54) is 18.2 Å². The van der Waals surface area contributed by atoms with Gasteiger partial charge in [0.05, 0.1) is 6.67 Å². The van der Waals surface area contributed by atoms with Crippen molar-refractivity contribution in [1.82, 2.24) is 10.2 Å². The molecule has 8 heteroatoms. The van der Waals surface area contributed by atoms with Crippen molar-refractivity contribution in [3.63, 3.8) is 0 Å². The van der Waals surface area contributed by atoms with E-state index in [0.717, 1.165) is 26.2 Å². The van der Waals surface area contributed by atoms with Crippen molar-refractivity contribution >= 4 is 12.4 Å². The Kier molecular flexibility index (Phi) is 7.38. The lowest BCUT2D eigenvalue weighted by Crippen LogP contribution is -2.45. The first-order valence-electron chi connectivity index (χ1n) is 6.86. The van der Waals surface area contributed by atoms with Crippen LogP contribution in [0.4, 0.5) is 17.6 Å². The number of alkyl halides is 4. The van der Waals surface area contributed by atoms with Crippen LogP contribution in [0.2, 0.25) is 0 Å². The Balaban J connectivity index is 0.00000242. The molecule has 1 atom stereocenters. The molecule has 0 saturated carbocycles. The second kappa shape index (κ2) is 8.55. The van der Waals surface area contributed by atoms with Gasteiger partial charge in [-0.15, -0.1) is 25.6 Å². The quantitative estimate of drug-likeness (QED) is 0.831. The van der Waals surface area contributed by atoms with Gasteiger partial charge in [0.1, 0.15) is 5.75 Å². The molecule has 1 heterocycles. The molecule has 3 nitrogen and oxygen atoms in total. The monoisotopic (exact) mass is 342 g/mol. The van der Waals surface area contributed by atoms with E-state index in [4.69, 9.17) is 0 Å². The maximum Gasteiger partial charge on any atom is 0.573 e. The van der Waals surface area contributed by atoms with E-state index in [-0.39, 0.29) is 30.6 Å². The summed E-state index contributed by atoms with van der Waals surface area (Å²) in [6.07, 6.45) is -4.46. The number of nitrogens with zero attached hydrogens (tertiary/aromatic N) is 1. The van der Waals surface area contributed by atoms with E-state index in [1.54, 1.807) is 6.07 Å². The first-order chi connectivity index (χ1) is 9.99. The van der Waals surface area contributed by atoms with Crippen LogP contribution in [0, 0.1) is 0 Å². The predicted molar refractivity (Wildman–Crippen MR) is 78.1 cm³/mol. The smallest absolute Gasteiger partial charge is 0.406 e. The molecular formula is C14H19ClF4N2O. The van der Waals surface area contributed by atoms with Gasteiger partial charge in [-0.05, 0) is 24.1 Å². The predicted octanol–water partition coefficient (Wildman–Crippen LogP) is 3.31. The third-order valence-electron chi connectivity index (χ3n) is 3.45. The number of hydrogen-bond acceptors (Lipinski definition) is 3. The topological polar surface area (TPSA) is 24.5 Å². The molecule has 2 rings (SSSR count). The number of piperazine rings is 1. The normalized spacial score (nSPS) is 17.6. The van der Waals surface area contributed by atoms with Crippen LogP contribution in [-0.4, -0.2) is 44.1 Å². The van der Waals surface area contributed by atoms with Crippen molar-refractivity contribution in [3.05, 3.63) is 29.8 Å². The van der Waals surface area contributed by atoms with Crippen molar-refractivity contribution in [2.75, 3.05) is 32.9 Å². The molecule has 0 aliphatic carbocycles. The maximum atomic E-state index is 12.8. The summed E-state index contributed by atoms with van der Waals surface area (Å²) in [5.41, 5.74) is 0.649. The van der Waals surface area contributed by atoms with E-state index < -0.39 is 13.0 Å². The lowest BCUT2D eigenvalue weighted by molar-refractivity contribution is -0.274. The number of ether oxygens (including phenoxy) is 1. The van der Waals surface area contributed by atoms with Crippen LogP contribution < -0.4 is 10.1 Å². The summed E-state index contributed by atoms with van der Waals surface area (Å²) in [5, 5.41) is 3.20. The Morgan fingerprint density at radius 2 is 1.91 bits per heavy atom. The van der Waals surface area contributed by atoms with E-state index >= 15 is 0 Å². The van der Waals surface area contributed by atoms with Crippen LogP contribution in [0.25, 0.3) is 0 Å². The molecule has 0 bridgehead atoms. The number of nitrogens with one attached hydrogen (secondary N) is 1. The highest BCUT2D eigenvalue weighted by molar-refractivity contribution is 5.85. The average molecular weight is 343 g/mol. The molecule has 126 valence electrons. The lowest BCUT2D eigenvalue weighted by Gasteiger charge is -2.35. The van der Waals surface area contributed by atoms with E-state index in [1.807, 2.05) is 0 Å². The zero-order valence-electron chi connectivity index (χ0n) is 11.9. The second-order valence-corrected chi connectivity index (χ2v) is 4.90. The van der Waals surface area contributed by atoms with Crippen LogP contribution in [-0.2, 0) is 0 Å². The Morgan fingerprint density at radius 1 is 1.23 bits per heavy atom. The highest BCUT2D eigenvalue weighted by atomic mass is 35.5. The molecule has 1 aliphatic rings. The van der Waals surface area contributed by atoms with Gasteiger partial charge in [-0.25, -0.2) is 0 Å². The molecule has 1 N–H and O–H groups in total. The summed E-state index contributed by atoms with van der Waals surface area (Å²) in [6.45, 7) is 2.56. The van der Waals surface area contributed by atoms with E-state index in [2.05, 4.69) is 15.0 Å². The average Bonchev–Trinajstić information content (AvgIpc) is 2.44. The molecule has 0 radical (unpaired) electrons. The van der Waals surface area contributed by atoms with Crippen molar-refractivity contribution in [2.24, 2.45) is 0 Å². The van der Waals surface area contributed by atoms with E-state index in [9.17, 15) is 17.6 Å². The maximum absolute atomic E-state index is 12.8. The molecular weight excluding hydrogens is 324 g/mol. The zero-order chi connectivity index (χ0) is 15.3. The van der Waals surface area contributed by atoms with Crippen molar-refractivity contribution in [3.8, 4) is 5.75 Å². The molecule has 1 aliphatic heterocycles. The molecule has 1 aromatic rings. The SMILES string of the molecule is Cl.FCC[C@@H](c1cccc(OC(F)(F)F)c1)N1CCNCC1. The van der Waals surface area contributed by atoms with Crippen LogP contribution in [0.5, 0.6) is 5.75 Å². The summed E-state index contributed by atoms with van der Waals surface area (Å²) in [6, 6.07) is 5.58. The van der Waals surface area contributed by atoms with Crippen molar-refractivity contribution < 1.29 is 22.3 Å². The molecule has 0 unspecified atom stereocenters. The number of hydrogen-bond donors (Lipinski definition) is 1. The van der Waals surface area contributed by atoms with Gasteiger partial charge >= 0.3 is 6.36 Å². The highest BCUT2D eigenvalue weighted by Gasteiger charge is 2.31. The van der Waals surface area contributed by atoms with Crippen LogP contribution in [0.3, 0.4) is 0 Å². The Morgan fingerprint density at radius 3 is 2.50 bits per heavy atom. The van der Waals surface area contributed by atoms with Crippen LogP contribution in [0.15, 0.2) is 24.3 Å². The number of halogens is 5. The fourth-order valence-corrected chi connectivity index (χ4v) is 2.58. The van der Waals surface area contributed by atoms with Gasteiger partial charge in [-0.1, -0.05) is 12.1 Å². The summed E-state index contributed by atoms with van der Waals surface area (Å²) in [4.78, 5) is 2.09. The Hall–Kier alpha value is -1.05. The third kappa shape index (κ3) is 5.62.